The molecule has 0 atom stereocenters. The van der Waals surface area contributed by atoms with Crippen LogP contribution in [0.15, 0.2) is 35.2 Å². The molecule has 1 rings (SSSR count). The molecule has 8 nitrogen and oxygen atoms in total. The van der Waals surface area contributed by atoms with Crippen LogP contribution in [0.5, 0.6) is 0 Å². The van der Waals surface area contributed by atoms with Gasteiger partial charge in [0.2, 0.25) is 10.0 Å². The fourth-order valence-electron chi connectivity index (χ4n) is 2.07. The number of ether oxygens (including phenoxy) is 1. The van der Waals surface area contributed by atoms with Gasteiger partial charge in [0.1, 0.15) is 13.2 Å². The minimum atomic E-state index is -4.37. The highest BCUT2D eigenvalue weighted by Gasteiger charge is 2.34. The van der Waals surface area contributed by atoms with E-state index in [1.165, 1.54) is 24.3 Å². The van der Waals surface area contributed by atoms with Crippen LogP contribution < -0.4 is 0 Å². The third-order valence-corrected chi connectivity index (χ3v) is 7.31. The topological polar surface area (TPSA) is 101 Å². The molecule has 25 heavy (non-hydrogen) atoms. The largest absolute Gasteiger partial charge is 0.463 e. The maximum atomic E-state index is 12.5. The Labute approximate surface area is 149 Å². The van der Waals surface area contributed by atoms with Crippen LogP contribution in [0.1, 0.15) is 13.8 Å². The van der Waals surface area contributed by atoms with Crippen LogP contribution in [0, 0.1) is 0 Å². The molecule has 1 aromatic rings. The average Bonchev–Trinajstić information content (AvgIpc) is 2.56. The van der Waals surface area contributed by atoms with E-state index >= 15 is 0 Å². The van der Waals surface area contributed by atoms with E-state index in [2.05, 4.69) is 0 Å². The van der Waals surface area contributed by atoms with Crippen LogP contribution in [-0.4, -0.2) is 70.5 Å². The van der Waals surface area contributed by atoms with E-state index in [0.29, 0.717) is 6.54 Å². The number of nitrogens with zero attached hydrogens (tertiary/aromatic N) is 2. The van der Waals surface area contributed by atoms with Gasteiger partial charge in [0.05, 0.1) is 11.2 Å². The van der Waals surface area contributed by atoms with Crippen molar-refractivity contribution in [3.63, 3.8) is 0 Å². The van der Waals surface area contributed by atoms with E-state index in [-0.39, 0.29) is 15.2 Å². The van der Waals surface area contributed by atoms with E-state index in [9.17, 15) is 21.6 Å². The van der Waals surface area contributed by atoms with Crippen molar-refractivity contribution in [1.29, 1.82) is 0 Å². The summed E-state index contributed by atoms with van der Waals surface area (Å²) in [4.78, 5) is 13.7. The minimum absolute atomic E-state index is 0.0590. The van der Waals surface area contributed by atoms with Crippen molar-refractivity contribution in [2.45, 2.75) is 18.7 Å². The second-order valence-electron chi connectivity index (χ2n) is 5.26. The number of hydrogen-bond donors (Lipinski definition) is 0. The Morgan fingerprint density at radius 2 is 1.60 bits per heavy atom. The molecule has 0 fully saturated rings. The van der Waals surface area contributed by atoms with Gasteiger partial charge in [-0.05, 0) is 25.2 Å². The molecule has 0 unspecified atom stereocenters. The van der Waals surface area contributed by atoms with Crippen molar-refractivity contribution in [3.05, 3.63) is 30.3 Å². The predicted octanol–water partition coefficient (Wildman–Crippen LogP) is 0.522. The second kappa shape index (κ2) is 9.27. The van der Waals surface area contributed by atoms with Gasteiger partial charge in [0.15, 0.2) is 0 Å². The molecule has 0 saturated carbocycles. The Bertz CT molecular complexity index is 758. The van der Waals surface area contributed by atoms with Gasteiger partial charge < -0.3 is 9.64 Å². The first-order valence-corrected chi connectivity index (χ1v) is 11.1. The number of carbonyl (C=O) groups excluding carboxylic acids is 1. The zero-order valence-corrected chi connectivity index (χ0v) is 16.2. The molecule has 0 aliphatic carbocycles. The molecule has 0 aliphatic heterocycles. The van der Waals surface area contributed by atoms with E-state index < -0.39 is 32.6 Å². The summed E-state index contributed by atoms with van der Waals surface area (Å²) in [5, 5.41) is 0. The lowest BCUT2D eigenvalue weighted by atomic mass is 10.4. The van der Waals surface area contributed by atoms with Gasteiger partial charge >= 0.3 is 5.97 Å². The molecule has 0 aromatic heterocycles. The lowest BCUT2D eigenvalue weighted by Crippen LogP contribution is -2.40. The van der Waals surface area contributed by atoms with Gasteiger partial charge in [0, 0.05) is 6.54 Å². The molecule has 0 bridgehead atoms. The van der Waals surface area contributed by atoms with E-state index in [0.717, 1.165) is 19.3 Å². The molecule has 0 heterocycles. The molecule has 0 N–H and O–H groups in total. The van der Waals surface area contributed by atoms with E-state index in [1.807, 2.05) is 18.7 Å². The summed E-state index contributed by atoms with van der Waals surface area (Å²) < 4.78 is 54.0. The number of sulfonamides is 2. The predicted molar refractivity (Wildman–Crippen MR) is 93.9 cm³/mol. The van der Waals surface area contributed by atoms with Crippen molar-refractivity contribution in [2.75, 3.05) is 39.0 Å². The Hall–Kier alpha value is -1.49. The average molecular weight is 392 g/mol. The van der Waals surface area contributed by atoms with Crippen molar-refractivity contribution >= 4 is 26.0 Å². The fraction of sp³-hybridized carbons (Fsp3) is 0.533. The highest BCUT2D eigenvalue weighted by molar-refractivity contribution is 8.03. The molecule has 0 amide bonds. The molecule has 10 heteroatoms. The second-order valence-corrected chi connectivity index (χ2v) is 9.26. The molecule has 142 valence electrons. The normalized spacial score (nSPS) is 12.5. The quantitative estimate of drug-likeness (QED) is 0.535. The summed E-state index contributed by atoms with van der Waals surface area (Å²) in [5.41, 5.74) is 0. The minimum Gasteiger partial charge on any atom is -0.463 e. The van der Waals surface area contributed by atoms with Gasteiger partial charge in [-0.3, -0.25) is 4.79 Å². The van der Waals surface area contributed by atoms with Crippen LogP contribution in [0.25, 0.3) is 0 Å². The van der Waals surface area contributed by atoms with E-state index in [1.54, 1.807) is 6.07 Å². The SMILES string of the molecule is CCN(CC)CCOC(=O)CN(S(C)(=O)=O)S(=O)(=O)c1ccccc1. The lowest BCUT2D eigenvalue weighted by Gasteiger charge is -2.20. The number of esters is 1. The zero-order chi connectivity index (χ0) is 19.1. The first-order valence-electron chi connectivity index (χ1n) is 7.78. The Kier molecular flexibility index (Phi) is 8.00. The smallest absolute Gasteiger partial charge is 0.322 e. The highest BCUT2D eigenvalue weighted by Crippen LogP contribution is 2.18. The molecule has 0 spiro atoms. The summed E-state index contributed by atoms with van der Waals surface area (Å²) >= 11 is 0. The fourth-order valence-corrected chi connectivity index (χ4v) is 5.11. The van der Waals surface area contributed by atoms with Crippen molar-refractivity contribution < 1.29 is 26.4 Å². The Morgan fingerprint density at radius 3 is 2.08 bits per heavy atom. The number of likely N-dealkylation sites (N-methyl/N-ethyl adjacent to an activating group) is 1. The molecular weight excluding hydrogens is 368 g/mol. The van der Waals surface area contributed by atoms with Crippen LogP contribution in [0.2, 0.25) is 0 Å². The van der Waals surface area contributed by atoms with Crippen molar-refractivity contribution in [2.24, 2.45) is 0 Å². The van der Waals surface area contributed by atoms with Crippen LogP contribution in [0.3, 0.4) is 0 Å². The van der Waals surface area contributed by atoms with Crippen LogP contribution in [-0.2, 0) is 29.6 Å². The van der Waals surface area contributed by atoms with Crippen molar-refractivity contribution in [1.82, 2.24) is 8.61 Å². The maximum Gasteiger partial charge on any atom is 0.322 e. The third-order valence-electron chi connectivity index (χ3n) is 3.50. The summed E-state index contributed by atoms with van der Waals surface area (Å²) in [7, 11) is -8.55. The van der Waals surface area contributed by atoms with Gasteiger partial charge in [-0.2, -0.15) is 0 Å². The highest BCUT2D eigenvalue weighted by atomic mass is 32.3. The van der Waals surface area contributed by atoms with Gasteiger partial charge in [-0.25, -0.2) is 16.8 Å². The number of carbonyl (C=O) groups is 1. The molecule has 1 aromatic carbocycles. The van der Waals surface area contributed by atoms with Crippen LogP contribution >= 0.6 is 0 Å². The van der Waals surface area contributed by atoms with Gasteiger partial charge in [-0.15, -0.1) is 0 Å². The number of benzene rings is 1. The number of rotatable bonds is 10. The summed E-state index contributed by atoms with van der Waals surface area (Å²) in [6, 6.07) is 7.06. The van der Waals surface area contributed by atoms with Crippen molar-refractivity contribution in [3.8, 4) is 0 Å². The summed E-state index contributed by atoms with van der Waals surface area (Å²) in [5.74, 6) is -0.919. The molecule has 0 saturated heterocycles. The maximum absolute atomic E-state index is 12.5. The standard InChI is InChI=1S/C15H24N2O6S2/c1-4-16(5-2)11-12-23-15(18)13-17(24(3,19)20)25(21,22)14-9-7-6-8-10-14/h6-10H,4-5,11-13H2,1-3H3. The summed E-state index contributed by atoms with van der Waals surface area (Å²) in [6.07, 6.45) is 0.733. The first kappa shape index (κ1) is 21.6. The third kappa shape index (κ3) is 6.38. The van der Waals surface area contributed by atoms with Gasteiger partial charge in [-0.1, -0.05) is 35.8 Å². The lowest BCUT2D eigenvalue weighted by molar-refractivity contribution is -0.143. The molecule has 0 radical (unpaired) electrons. The van der Waals surface area contributed by atoms with Crippen LogP contribution in [0.4, 0.5) is 0 Å². The first-order chi connectivity index (χ1) is 11.6. The number of hydrogen-bond acceptors (Lipinski definition) is 7. The van der Waals surface area contributed by atoms with Gasteiger partial charge in [0.25, 0.3) is 10.0 Å². The summed E-state index contributed by atoms with van der Waals surface area (Å²) in [6.45, 7) is 5.14. The Morgan fingerprint density at radius 1 is 1.04 bits per heavy atom. The van der Waals surface area contributed by atoms with E-state index in [4.69, 9.17) is 4.74 Å². The Balaban J connectivity index is 2.87. The molecular formula is C15H24N2O6S2. The molecule has 0 aliphatic rings. The zero-order valence-electron chi connectivity index (χ0n) is 14.6. The monoisotopic (exact) mass is 392 g/mol.